The average molecular weight is 575 g/mol. The van der Waals surface area contributed by atoms with E-state index in [4.69, 9.17) is 20.3 Å². The molecular formula is C33H30N6O4. The van der Waals surface area contributed by atoms with Crippen LogP contribution < -0.4 is 10.5 Å². The Balaban J connectivity index is 1.37. The molecule has 1 saturated heterocycles. The predicted octanol–water partition coefficient (Wildman–Crippen LogP) is 5.57. The van der Waals surface area contributed by atoms with Crippen molar-refractivity contribution in [1.82, 2.24) is 24.6 Å². The summed E-state index contributed by atoms with van der Waals surface area (Å²) in [7, 11) is 0. The molecule has 1 amide bonds. The van der Waals surface area contributed by atoms with E-state index >= 15 is 0 Å². The van der Waals surface area contributed by atoms with Crippen LogP contribution in [0.2, 0.25) is 0 Å². The van der Waals surface area contributed by atoms with E-state index in [2.05, 4.69) is 16.5 Å². The Morgan fingerprint density at radius 1 is 0.953 bits per heavy atom. The summed E-state index contributed by atoms with van der Waals surface area (Å²) < 4.78 is 13.2. The summed E-state index contributed by atoms with van der Waals surface area (Å²) in [5.74, 6) is 0.505. The molecule has 0 radical (unpaired) electrons. The molecule has 0 bridgehead atoms. The molecule has 3 heterocycles. The number of carbonyl (C=O) groups excluding carboxylic acids is 2. The number of fused-ring (bicyclic) bond motifs is 1. The van der Waals surface area contributed by atoms with E-state index in [1.165, 1.54) is 6.08 Å². The molecule has 43 heavy (non-hydrogen) atoms. The SMILES string of the molecule is C=CC(=O)N1CCC[C@@H](n2nc(-c3ccc(Oc4ccccc4)cc3)c3c(N)nc(C(=O)OCc4ccccc4)nc32)C1. The molecule has 216 valence electrons. The number of aromatic nitrogens is 4. The van der Waals surface area contributed by atoms with E-state index in [0.29, 0.717) is 35.6 Å². The molecule has 10 nitrogen and oxygen atoms in total. The van der Waals surface area contributed by atoms with Gasteiger partial charge in [-0.3, -0.25) is 4.79 Å². The van der Waals surface area contributed by atoms with Gasteiger partial charge in [0.05, 0.1) is 11.4 Å². The summed E-state index contributed by atoms with van der Waals surface area (Å²) in [5.41, 5.74) is 9.07. The summed E-state index contributed by atoms with van der Waals surface area (Å²) >= 11 is 0. The predicted molar refractivity (Wildman–Crippen MR) is 162 cm³/mol. The molecule has 3 aromatic carbocycles. The summed E-state index contributed by atoms with van der Waals surface area (Å²) in [6.45, 7) is 4.75. The number of para-hydroxylation sites is 1. The van der Waals surface area contributed by atoms with Crippen molar-refractivity contribution in [2.75, 3.05) is 18.8 Å². The summed E-state index contributed by atoms with van der Waals surface area (Å²) in [6.07, 6.45) is 2.85. The lowest BCUT2D eigenvalue weighted by Gasteiger charge is -2.32. The highest BCUT2D eigenvalue weighted by Gasteiger charge is 2.29. The van der Waals surface area contributed by atoms with Gasteiger partial charge in [0, 0.05) is 18.7 Å². The number of nitrogen functional groups attached to an aromatic ring is 1. The molecule has 1 aliphatic rings. The Morgan fingerprint density at radius 2 is 1.65 bits per heavy atom. The van der Waals surface area contributed by atoms with Gasteiger partial charge in [0.2, 0.25) is 11.7 Å². The van der Waals surface area contributed by atoms with Crippen molar-refractivity contribution in [1.29, 1.82) is 0 Å². The zero-order chi connectivity index (χ0) is 29.8. The Morgan fingerprint density at radius 3 is 2.37 bits per heavy atom. The van der Waals surface area contributed by atoms with Crippen LogP contribution in [0, 0.1) is 0 Å². The first kappa shape index (κ1) is 27.6. The van der Waals surface area contributed by atoms with Crippen LogP contribution in [0.25, 0.3) is 22.3 Å². The van der Waals surface area contributed by atoms with Crippen LogP contribution >= 0.6 is 0 Å². The highest BCUT2D eigenvalue weighted by Crippen LogP contribution is 2.35. The van der Waals surface area contributed by atoms with Gasteiger partial charge in [-0.15, -0.1) is 0 Å². The maximum atomic E-state index is 13.0. The van der Waals surface area contributed by atoms with Crippen molar-refractivity contribution in [3.8, 4) is 22.8 Å². The van der Waals surface area contributed by atoms with E-state index in [1.54, 1.807) is 9.58 Å². The van der Waals surface area contributed by atoms with Crippen LogP contribution in [0.3, 0.4) is 0 Å². The van der Waals surface area contributed by atoms with Gasteiger partial charge in [-0.25, -0.2) is 19.4 Å². The average Bonchev–Trinajstić information content (AvgIpc) is 3.45. The lowest BCUT2D eigenvalue weighted by atomic mass is 10.1. The Hall–Kier alpha value is -5.51. The largest absolute Gasteiger partial charge is 0.457 e. The zero-order valence-corrected chi connectivity index (χ0v) is 23.4. The van der Waals surface area contributed by atoms with E-state index in [9.17, 15) is 9.59 Å². The Labute approximate surface area is 248 Å². The number of nitrogens with zero attached hydrogens (tertiary/aromatic N) is 5. The van der Waals surface area contributed by atoms with Crippen LogP contribution in [0.5, 0.6) is 11.5 Å². The van der Waals surface area contributed by atoms with Gasteiger partial charge in [-0.2, -0.15) is 5.10 Å². The molecule has 1 atom stereocenters. The Bertz CT molecular complexity index is 1770. The maximum absolute atomic E-state index is 13.0. The fourth-order valence-electron chi connectivity index (χ4n) is 5.19. The minimum absolute atomic E-state index is 0.0735. The molecule has 2 N–H and O–H groups in total. The van der Waals surface area contributed by atoms with E-state index in [1.807, 2.05) is 84.9 Å². The topological polar surface area (TPSA) is 125 Å². The van der Waals surface area contributed by atoms with Crippen LogP contribution in [-0.2, 0) is 16.1 Å². The minimum atomic E-state index is -0.693. The molecule has 0 unspecified atom stereocenters. The summed E-state index contributed by atoms with van der Waals surface area (Å²) in [6, 6.07) is 26.2. The molecule has 10 heteroatoms. The van der Waals surface area contributed by atoms with Gasteiger partial charge in [0.25, 0.3) is 0 Å². The van der Waals surface area contributed by atoms with E-state index in [-0.39, 0.29) is 30.2 Å². The van der Waals surface area contributed by atoms with Crippen LogP contribution in [-0.4, -0.2) is 49.6 Å². The first-order chi connectivity index (χ1) is 21.0. The second-order valence-corrected chi connectivity index (χ2v) is 10.2. The standard InChI is InChI=1S/C33H30N6O4/c1-2-27(40)38-19-9-12-24(20-38)39-32-28(30(34)35-31(36-32)33(41)42-21-22-10-5-3-6-11-22)29(37-39)23-15-17-26(18-16-23)43-25-13-7-4-8-14-25/h2-8,10-11,13-18,24H,1,9,12,19-21H2,(H2,34,35,36)/t24-/m1/s1. The molecule has 0 aliphatic carbocycles. The number of hydrogen-bond acceptors (Lipinski definition) is 8. The van der Waals surface area contributed by atoms with Crippen molar-refractivity contribution in [2.24, 2.45) is 0 Å². The molecule has 6 rings (SSSR count). The number of likely N-dealkylation sites (tertiary alicyclic amines) is 1. The molecule has 5 aromatic rings. The number of benzene rings is 3. The van der Waals surface area contributed by atoms with Crippen molar-refractivity contribution in [3.63, 3.8) is 0 Å². The molecule has 0 spiro atoms. The first-order valence-corrected chi connectivity index (χ1v) is 14.0. The quantitative estimate of drug-likeness (QED) is 0.188. The van der Waals surface area contributed by atoms with Crippen molar-refractivity contribution in [2.45, 2.75) is 25.5 Å². The van der Waals surface area contributed by atoms with Crippen LogP contribution in [0.4, 0.5) is 5.82 Å². The number of hydrogen-bond donors (Lipinski definition) is 1. The third-order valence-electron chi connectivity index (χ3n) is 7.31. The lowest BCUT2D eigenvalue weighted by molar-refractivity contribution is -0.127. The number of carbonyl (C=O) groups is 2. The Kier molecular flexibility index (Phi) is 7.82. The molecule has 1 fully saturated rings. The van der Waals surface area contributed by atoms with Gasteiger partial charge in [0.15, 0.2) is 5.65 Å². The van der Waals surface area contributed by atoms with E-state index < -0.39 is 5.97 Å². The number of esters is 1. The molecular weight excluding hydrogens is 544 g/mol. The third kappa shape index (κ3) is 5.94. The van der Waals surface area contributed by atoms with Gasteiger partial charge in [-0.05, 0) is 60.9 Å². The second kappa shape index (κ2) is 12.2. The van der Waals surface area contributed by atoms with Crippen LogP contribution in [0.1, 0.15) is 35.1 Å². The van der Waals surface area contributed by atoms with E-state index in [0.717, 1.165) is 29.7 Å². The summed E-state index contributed by atoms with van der Waals surface area (Å²) in [4.78, 5) is 36.2. The number of nitrogens with two attached hydrogens (primary N) is 1. The number of anilines is 1. The highest BCUT2D eigenvalue weighted by atomic mass is 16.5. The fourth-order valence-corrected chi connectivity index (χ4v) is 5.19. The summed E-state index contributed by atoms with van der Waals surface area (Å²) in [5, 5.41) is 5.47. The smallest absolute Gasteiger partial charge is 0.376 e. The van der Waals surface area contributed by atoms with Gasteiger partial charge in [0.1, 0.15) is 29.6 Å². The van der Waals surface area contributed by atoms with Gasteiger partial charge in [-0.1, -0.05) is 55.1 Å². The number of amides is 1. The highest BCUT2D eigenvalue weighted by molar-refractivity contribution is 6.00. The fraction of sp³-hybridized carbons (Fsp3) is 0.182. The van der Waals surface area contributed by atoms with Crippen molar-refractivity contribution in [3.05, 3.63) is 109 Å². The second-order valence-electron chi connectivity index (χ2n) is 10.2. The van der Waals surface area contributed by atoms with Crippen molar-refractivity contribution >= 4 is 28.7 Å². The molecule has 1 aliphatic heterocycles. The monoisotopic (exact) mass is 574 g/mol. The van der Waals surface area contributed by atoms with Gasteiger partial charge < -0.3 is 20.1 Å². The number of rotatable bonds is 8. The molecule has 0 saturated carbocycles. The van der Waals surface area contributed by atoms with Crippen molar-refractivity contribution < 1.29 is 19.1 Å². The molecule has 2 aromatic heterocycles. The van der Waals surface area contributed by atoms with Crippen LogP contribution in [0.15, 0.2) is 97.6 Å². The zero-order valence-electron chi connectivity index (χ0n) is 23.4. The van der Waals surface area contributed by atoms with Gasteiger partial charge >= 0.3 is 5.97 Å². The third-order valence-corrected chi connectivity index (χ3v) is 7.31. The lowest BCUT2D eigenvalue weighted by Crippen LogP contribution is -2.40. The number of ether oxygens (including phenoxy) is 2. The number of piperidine rings is 1. The minimum Gasteiger partial charge on any atom is -0.457 e. The first-order valence-electron chi connectivity index (χ1n) is 14.0. The maximum Gasteiger partial charge on any atom is 0.376 e. The normalized spacial score (nSPS) is 14.8.